The molecule has 0 aromatic carbocycles. The van der Waals surface area contributed by atoms with Gasteiger partial charge in [0.05, 0.1) is 19.4 Å². The van der Waals surface area contributed by atoms with Crippen LogP contribution in [0.15, 0.2) is 28.9 Å². The third-order valence-electron chi connectivity index (χ3n) is 2.54. The van der Waals surface area contributed by atoms with Crippen LogP contribution in [0.5, 0.6) is 5.88 Å². The number of nitrogens with one attached hydrogen (secondary N) is 1. The molecule has 0 saturated heterocycles. The Hall–Kier alpha value is -2.04. The van der Waals surface area contributed by atoms with E-state index in [9.17, 15) is 0 Å². The van der Waals surface area contributed by atoms with Crippen molar-refractivity contribution < 1.29 is 9.15 Å². The molecule has 102 valence electrons. The Morgan fingerprint density at radius 1 is 1.32 bits per heavy atom. The highest BCUT2D eigenvalue weighted by Gasteiger charge is 2.05. The van der Waals surface area contributed by atoms with Crippen LogP contribution in [-0.4, -0.2) is 16.6 Å². The molecular formula is C14H19N3O2. The number of hydrogen-bond acceptors (Lipinski definition) is 5. The molecule has 5 heteroatoms. The van der Waals surface area contributed by atoms with E-state index >= 15 is 0 Å². The predicted molar refractivity (Wildman–Crippen MR) is 73.2 cm³/mol. The van der Waals surface area contributed by atoms with Gasteiger partial charge in [-0.2, -0.15) is 4.98 Å². The molecule has 0 aliphatic heterocycles. The monoisotopic (exact) mass is 261 g/mol. The van der Waals surface area contributed by atoms with E-state index < -0.39 is 0 Å². The second kappa shape index (κ2) is 6.78. The van der Waals surface area contributed by atoms with Crippen molar-refractivity contribution in [1.82, 2.24) is 9.97 Å². The van der Waals surface area contributed by atoms with Crippen molar-refractivity contribution >= 4 is 5.82 Å². The maximum absolute atomic E-state index is 5.56. The standard InChI is InChI=1S/C14H19N3O2/c1-3-7-19-14-9-13(16-12(4-2)17-14)15-10-11-6-5-8-18-11/h5-6,8-9H,3-4,7,10H2,1-2H3,(H,15,16,17). The lowest BCUT2D eigenvalue weighted by molar-refractivity contribution is 0.304. The third kappa shape index (κ3) is 3.98. The zero-order valence-electron chi connectivity index (χ0n) is 11.3. The molecule has 0 spiro atoms. The summed E-state index contributed by atoms with van der Waals surface area (Å²) < 4.78 is 10.8. The van der Waals surface area contributed by atoms with Crippen molar-refractivity contribution in [2.45, 2.75) is 33.2 Å². The molecule has 0 saturated carbocycles. The van der Waals surface area contributed by atoms with E-state index in [1.54, 1.807) is 6.26 Å². The molecule has 19 heavy (non-hydrogen) atoms. The minimum absolute atomic E-state index is 0.598. The zero-order valence-corrected chi connectivity index (χ0v) is 11.3. The van der Waals surface area contributed by atoms with Gasteiger partial charge in [0.15, 0.2) is 0 Å². The highest BCUT2D eigenvalue weighted by molar-refractivity contribution is 5.38. The van der Waals surface area contributed by atoms with Crippen LogP contribution in [0.2, 0.25) is 0 Å². The van der Waals surface area contributed by atoms with Gasteiger partial charge < -0.3 is 14.5 Å². The van der Waals surface area contributed by atoms with Crippen molar-refractivity contribution in [2.75, 3.05) is 11.9 Å². The molecule has 0 aliphatic carbocycles. The summed E-state index contributed by atoms with van der Waals surface area (Å²) in [7, 11) is 0. The first kappa shape index (κ1) is 13.4. The summed E-state index contributed by atoms with van der Waals surface area (Å²) in [6, 6.07) is 5.60. The molecule has 2 aromatic rings. The summed E-state index contributed by atoms with van der Waals surface area (Å²) in [5.41, 5.74) is 0. The molecule has 2 heterocycles. The third-order valence-corrected chi connectivity index (χ3v) is 2.54. The fourth-order valence-corrected chi connectivity index (χ4v) is 1.59. The first-order valence-corrected chi connectivity index (χ1v) is 6.58. The van der Waals surface area contributed by atoms with Crippen molar-refractivity contribution in [2.24, 2.45) is 0 Å². The number of rotatable bonds is 7. The summed E-state index contributed by atoms with van der Waals surface area (Å²) in [5, 5.41) is 3.21. The smallest absolute Gasteiger partial charge is 0.218 e. The minimum Gasteiger partial charge on any atom is -0.478 e. The minimum atomic E-state index is 0.598. The Balaban J connectivity index is 2.05. The first-order valence-electron chi connectivity index (χ1n) is 6.58. The van der Waals surface area contributed by atoms with Gasteiger partial charge >= 0.3 is 0 Å². The van der Waals surface area contributed by atoms with E-state index in [2.05, 4.69) is 22.2 Å². The summed E-state index contributed by atoms with van der Waals surface area (Å²) in [4.78, 5) is 8.75. The summed E-state index contributed by atoms with van der Waals surface area (Å²) in [6.07, 6.45) is 3.39. The lowest BCUT2D eigenvalue weighted by atomic mass is 10.4. The maximum atomic E-state index is 5.56. The van der Waals surface area contributed by atoms with Gasteiger partial charge in [-0.1, -0.05) is 13.8 Å². The van der Waals surface area contributed by atoms with Gasteiger partial charge in [-0.15, -0.1) is 0 Å². The summed E-state index contributed by atoms with van der Waals surface area (Å²) in [5.74, 6) is 3.02. The van der Waals surface area contributed by atoms with Crippen LogP contribution in [-0.2, 0) is 13.0 Å². The number of ether oxygens (including phenoxy) is 1. The molecule has 0 amide bonds. The Labute approximate surface area is 113 Å². The van der Waals surface area contributed by atoms with Crippen molar-refractivity contribution in [3.05, 3.63) is 36.0 Å². The Morgan fingerprint density at radius 2 is 2.21 bits per heavy atom. The van der Waals surface area contributed by atoms with Crippen molar-refractivity contribution in [3.8, 4) is 5.88 Å². The maximum Gasteiger partial charge on any atom is 0.218 e. The van der Waals surface area contributed by atoms with Crippen molar-refractivity contribution in [3.63, 3.8) is 0 Å². The van der Waals surface area contributed by atoms with Crippen LogP contribution in [0, 0.1) is 0 Å². The fourth-order valence-electron chi connectivity index (χ4n) is 1.59. The molecule has 1 N–H and O–H groups in total. The summed E-state index contributed by atoms with van der Waals surface area (Å²) >= 11 is 0. The van der Waals surface area contributed by atoms with E-state index in [-0.39, 0.29) is 0 Å². The number of nitrogens with zero attached hydrogens (tertiary/aromatic N) is 2. The molecule has 0 bridgehead atoms. The Kier molecular flexibility index (Phi) is 4.78. The van der Waals surface area contributed by atoms with Crippen LogP contribution in [0.1, 0.15) is 31.9 Å². The van der Waals surface area contributed by atoms with Crippen LogP contribution in [0.25, 0.3) is 0 Å². The molecule has 0 radical (unpaired) electrons. The van der Waals surface area contributed by atoms with E-state index in [0.717, 1.165) is 30.2 Å². The average Bonchev–Trinajstić information content (AvgIpc) is 2.96. The fraction of sp³-hybridized carbons (Fsp3) is 0.429. The number of anilines is 1. The second-order valence-corrected chi connectivity index (χ2v) is 4.14. The van der Waals surface area contributed by atoms with Crippen LogP contribution in [0.3, 0.4) is 0 Å². The van der Waals surface area contributed by atoms with Gasteiger partial charge in [-0.05, 0) is 18.6 Å². The van der Waals surface area contributed by atoms with E-state index in [1.165, 1.54) is 0 Å². The molecule has 2 rings (SSSR count). The lowest BCUT2D eigenvalue weighted by Gasteiger charge is -2.09. The average molecular weight is 261 g/mol. The molecule has 0 unspecified atom stereocenters. The van der Waals surface area contributed by atoms with E-state index in [4.69, 9.17) is 9.15 Å². The van der Waals surface area contributed by atoms with Crippen LogP contribution in [0.4, 0.5) is 5.82 Å². The Morgan fingerprint density at radius 3 is 2.89 bits per heavy atom. The molecule has 0 fully saturated rings. The van der Waals surface area contributed by atoms with Gasteiger partial charge in [-0.3, -0.25) is 0 Å². The second-order valence-electron chi connectivity index (χ2n) is 4.14. The lowest BCUT2D eigenvalue weighted by Crippen LogP contribution is -2.06. The highest BCUT2D eigenvalue weighted by Crippen LogP contribution is 2.15. The Bertz CT molecular complexity index is 497. The zero-order chi connectivity index (χ0) is 13.5. The van der Waals surface area contributed by atoms with Crippen LogP contribution >= 0.6 is 0 Å². The predicted octanol–water partition coefficient (Wildman–Crippen LogP) is 3.03. The molecule has 0 atom stereocenters. The topological polar surface area (TPSA) is 60.2 Å². The normalized spacial score (nSPS) is 10.4. The van der Waals surface area contributed by atoms with Gasteiger partial charge in [0, 0.05) is 12.5 Å². The SMILES string of the molecule is CCCOc1cc(NCc2ccco2)nc(CC)n1. The molecular weight excluding hydrogens is 242 g/mol. The summed E-state index contributed by atoms with van der Waals surface area (Å²) in [6.45, 7) is 5.35. The van der Waals surface area contributed by atoms with Crippen molar-refractivity contribution in [1.29, 1.82) is 0 Å². The van der Waals surface area contributed by atoms with Gasteiger partial charge in [0.25, 0.3) is 0 Å². The number of aromatic nitrogens is 2. The first-order chi connectivity index (χ1) is 9.31. The molecule has 0 aliphatic rings. The number of hydrogen-bond donors (Lipinski definition) is 1. The van der Waals surface area contributed by atoms with Crippen LogP contribution < -0.4 is 10.1 Å². The van der Waals surface area contributed by atoms with E-state index in [0.29, 0.717) is 19.0 Å². The number of furan rings is 1. The molecule has 2 aromatic heterocycles. The number of aryl methyl sites for hydroxylation is 1. The van der Waals surface area contributed by atoms with Gasteiger partial charge in [0.2, 0.25) is 5.88 Å². The highest BCUT2D eigenvalue weighted by atomic mass is 16.5. The van der Waals surface area contributed by atoms with Gasteiger partial charge in [-0.25, -0.2) is 4.98 Å². The molecule has 5 nitrogen and oxygen atoms in total. The quantitative estimate of drug-likeness (QED) is 0.830. The van der Waals surface area contributed by atoms with Gasteiger partial charge in [0.1, 0.15) is 17.4 Å². The largest absolute Gasteiger partial charge is 0.478 e. The van der Waals surface area contributed by atoms with E-state index in [1.807, 2.05) is 25.1 Å².